The fourth-order valence-electron chi connectivity index (χ4n) is 2.66. The molecule has 3 aromatic carbocycles. The van der Waals surface area contributed by atoms with Crippen molar-refractivity contribution in [1.82, 2.24) is 0 Å². The van der Waals surface area contributed by atoms with Gasteiger partial charge in [0.05, 0.1) is 0 Å². The van der Waals surface area contributed by atoms with Crippen LogP contribution in [0.25, 0.3) is 38.4 Å². The van der Waals surface area contributed by atoms with Crippen molar-refractivity contribution in [3.63, 3.8) is 0 Å². The Morgan fingerprint density at radius 3 is 2.00 bits per heavy atom. The van der Waals surface area contributed by atoms with Gasteiger partial charge in [0.1, 0.15) is 0 Å². The summed E-state index contributed by atoms with van der Waals surface area (Å²) in [4.78, 5) is 2.85. The van der Waals surface area contributed by atoms with Gasteiger partial charge >= 0.3 is 0 Å². The van der Waals surface area contributed by atoms with Crippen molar-refractivity contribution in [3.05, 3.63) is 101 Å². The second kappa shape index (κ2) is 6.65. The zero-order chi connectivity index (χ0) is 16.1. The molecule has 0 N–H and O–H groups in total. The maximum absolute atomic E-state index is 8.69. The topological polar surface area (TPSA) is 48.8 Å². The molecular weight excluding hydrogens is 282 g/mol. The fraction of sp³-hybridized carbons (Fsp3) is 0. The van der Waals surface area contributed by atoms with E-state index >= 15 is 0 Å². The van der Waals surface area contributed by atoms with E-state index in [1.54, 1.807) is 0 Å². The molecule has 0 saturated heterocycles. The highest BCUT2D eigenvalue weighted by molar-refractivity contribution is 5.89. The zero-order valence-electron chi connectivity index (χ0n) is 12.6. The van der Waals surface area contributed by atoms with E-state index in [1.165, 1.54) is 0 Å². The molecule has 0 amide bonds. The minimum Gasteiger partial charge on any atom is -0.0889 e. The molecule has 0 atom stereocenters. The van der Waals surface area contributed by atoms with Crippen molar-refractivity contribution in [3.8, 4) is 22.3 Å². The summed E-state index contributed by atoms with van der Waals surface area (Å²) in [7, 11) is 0. The largest absolute Gasteiger partial charge is 0.0889 e. The Kier molecular flexibility index (Phi) is 4.23. The van der Waals surface area contributed by atoms with Gasteiger partial charge in [0.15, 0.2) is 0 Å². The van der Waals surface area contributed by atoms with Crippen molar-refractivity contribution >= 4 is 5.70 Å². The van der Waals surface area contributed by atoms with Gasteiger partial charge in [-0.15, -0.1) is 0 Å². The number of nitrogens with zero attached hydrogens (tertiary/aromatic N) is 3. The Labute approximate surface area is 135 Å². The lowest BCUT2D eigenvalue weighted by molar-refractivity contribution is 1.47. The minimum absolute atomic E-state index is 0.422. The standard InChI is InChI=1S/C20H15N3/c1-15(22-23-21)17-11-5-7-13-19(17)20-14-8-6-12-18(20)16-9-3-2-4-10-16/h2-14H,1H2. The molecule has 0 heterocycles. The molecule has 0 bridgehead atoms. The third-order valence-electron chi connectivity index (χ3n) is 3.71. The summed E-state index contributed by atoms with van der Waals surface area (Å²) in [5.74, 6) is 0. The van der Waals surface area contributed by atoms with Gasteiger partial charge in [0, 0.05) is 10.6 Å². The Bertz CT molecular complexity index is 892. The van der Waals surface area contributed by atoms with E-state index < -0.39 is 0 Å². The summed E-state index contributed by atoms with van der Waals surface area (Å²) in [6.45, 7) is 3.88. The van der Waals surface area contributed by atoms with Crippen LogP contribution in [0.15, 0.2) is 90.6 Å². The summed E-state index contributed by atoms with van der Waals surface area (Å²) in [6, 6.07) is 26.3. The van der Waals surface area contributed by atoms with Gasteiger partial charge in [-0.2, -0.15) is 0 Å². The Morgan fingerprint density at radius 1 is 0.739 bits per heavy atom. The number of hydrogen-bond donors (Lipinski definition) is 0. The molecule has 0 spiro atoms. The third kappa shape index (κ3) is 3.00. The first-order valence-electron chi connectivity index (χ1n) is 7.29. The fourth-order valence-corrected chi connectivity index (χ4v) is 2.66. The first-order chi connectivity index (χ1) is 11.3. The molecule has 0 saturated carbocycles. The Morgan fingerprint density at radius 2 is 1.30 bits per heavy atom. The normalized spacial score (nSPS) is 9.91. The highest BCUT2D eigenvalue weighted by Crippen LogP contribution is 2.36. The molecule has 0 radical (unpaired) electrons. The molecule has 3 rings (SSSR count). The van der Waals surface area contributed by atoms with Crippen LogP contribution in [0.3, 0.4) is 0 Å². The molecule has 0 fully saturated rings. The van der Waals surface area contributed by atoms with E-state index in [-0.39, 0.29) is 0 Å². The third-order valence-corrected chi connectivity index (χ3v) is 3.71. The van der Waals surface area contributed by atoms with Crippen molar-refractivity contribution in [2.45, 2.75) is 0 Å². The van der Waals surface area contributed by atoms with Gasteiger partial charge < -0.3 is 0 Å². The maximum atomic E-state index is 8.69. The molecule has 3 nitrogen and oxygen atoms in total. The Balaban J connectivity index is 2.22. The average molecular weight is 297 g/mol. The second-order valence-electron chi connectivity index (χ2n) is 5.09. The van der Waals surface area contributed by atoms with Crippen molar-refractivity contribution < 1.29 is 0 Å². The molecular formula is C20H15N3. The van der Waals surface area contributed by atoms with Crippen molar-refractivity contribution in [2.75, 3.05) is 0 Å². The lowest BCUT2D eigenvalue weighted by atomic mass is 9.91. The van der Waals surface area contributed by atoms with Crippen LogP contribution in [0.1, 0.15) is 5.56 Å². The molecule has 0 aliphatic heterocycles. The Hall–Kier alpha value is -3.29. The van der Waals surface area contributed by atoms with Gasteiger partial charge in [-0.3, -0.25) is 0 Å². The molecule has 110 valence electrons. The first kappa shape index (κ1) is 14.6. The van der Waals surface area contributed by atoms with E-state index in [0.717, 1.165) is 27.8 Å². The zero-order valence-corrected chi connectivity index (χ0v) is 12.6. The molecule has 0 aliphatic carbocycles. The van der Waals surface area contributed by atoms with Crippen LogP contribution in [0.2, 0.25) is 0 Å². The maximum Gasteiger partial charge on any atom is 0.0382 e. The second-order valence-corrected chi connectivity index (χ2v) is 5.09. The number of benzene rings is 3. The molecule has 0 unspecified atom stereocenters. The van der Waals surface area contributed by atoms with E-state index in [1.807, 2.05) is 54.6 Å². The predicted molar refractivity (Wildman–Crippen MR) is 95.5 cm³/mol. The lowest BCUT2D eigenvalue weighted by Crippen LogP contribution is -1.90. The predicted octanol–water partition coefficient (Wildman–Crippen LogP) is 6.30. The van der Waals surface area contributed by atoms with Crippen LogP contribution in [0, 0.1) is 0 Å². The summed E-state index contributed by atoms with van der Waals surface area (Å²) in [5, 5.41) is 3.67. The van der Waals surface area contributed by atoms with Gasteiger partial charge in [-0.05, 0) is 33.3 Å². The van der Waals surface area contributed by atoms with Crippen molar-refractivity contribution in [2.24, 2.45) is 5.11 Å². The summed E-state index contributed by atoms with van der Waals surface area (Å²) in [6.07, 6.45) is 0. The van der Waals surface area contributed by atoms with Gasteiger partial charge in [0.25, 0.3) is 0 Å². The lowest BCUT2D eigenvalue weighted by Gasteiger charge is -2.14. The summed E-state index contributed by atoms with van der Waals surface area (Å²) >= 11 is 0. The highest BCUT2D eigenvalue weighted by Gasteiger charge is 2.11. The van der Waals surface area contributed by atoms with Crippen LogP contribution in [-0.4, -0.2) is 0 Å². The molecule has 3 aromatic rings. The van der Waals surface area contributed by atoms with Gasteiger partial charge in [0.2, 0.25) is 0 Å². The van der Waals surface area contributed by atoms with E-state index in [0.29, 0.717) is 5.70 Å². The first-order valence-corrected chi connectivity index (χ1v) is 7.29. The van der Waals surface area contributed by atoms with Gasteiger partial charge in [-0.1, -0.05) is 90.6 Å². The monoisotopic (exact) mass is 297 g/mol. The highest BCUT2D eigenvalue weighted by atomic mass is 15.1. The van der Waals surface area contributed by atoms with Crippen LogP contribution in [0.4, 0.5) is 0 Å². The summed E-state index contributed by atoms with van der Waals surface area (Å²) < 4.78 is 0. The minimum atomic E-state index is 0.422. The molecule has 3 heteroatoms. The van der Waals surface area contributed by atoms with Crippen LogP contribution < -0.4 is 0 Å². The SMILES string of the molecule is C=C(N=[N+]=[N-])c1ccccc1-c1ccccc1-c1ccccc1. The van der Waals surface area contributed by atoms with E-state index in [4.69, 9.17) is 5.53 Å². The number of hydrogen-bond acceptors (Lipinski definition) is 1. The van der Waals surface area contributed by atoms with E-state index in [9.17, 15) is 0 Å². The van der Waals surface area contributed by atoms with Crippen LogP contribution >= 0.6 is 0 Å². The molecule has 0 aromatic heterocycles. The van der Waals surface area contributed by atoms with E-state index in [2.05, 4.69) is 40.9 Å². The summed E-state index contributed by atoms with van der Waals surface area (Å²) in [5.41, 5.74) is 14.3. The van der Waals surface area contributed by atoms with Crippen molar-refractivity contribution in [1.29, 1.82) is 0 Å². The number of azide groups is 1. The number of rotatable bonds is 4. The smallest absolute Gasteiger partial charge is 0.0382 e. The molecule has 0 aliphatic rings. The quantitative estimate of drug-likeness (QED) is 0.308. The molecule has 23 heavy (non-hydrogen) atoms. The average Bonchev–Trinajstić information content (AvgIpc) is 2.63. The van der Waals surface area contributed by atoms with Crippen LogP contribution in [-0.2, 0) is 0 Å². The van der Waals surface area contributed by atoms with Crippen LogP contribution in [0.5, 0.6) is 0 Å². The van der Waals surface area contributed by atoms with Gasteiger partial charge in [-0.25, -0.2) is 0 Å².